The maximum atomic E-state index is 12.7. The van der Waals surface area contributed by atoms with Crippen molar-refractivity contribution in [3.8, 4) is 0 Å². The van der Waals surface area contributed by atoms with E-state index in [2.05, 4.69) is 15.4 Å². The summed E-state index contributed by atoms with van der Waals surface area (Å²) < 4.78 is 52.1. The Hall–Kier alpha value is -3.19. The Morgan fingerprint density at radius 1 is 1.26 bits per heavy atom. The second-order valence-corrected chi connectivity index (χ2v) is 10.7. The molecule has 204 valence electrons. The zero-order chi connectivity index (χ0) is 27.8. The minimum atomic E-state index is -4.54. The molecule has 14 heteroatoms. The van der Waals surface area contributed by atoms with Crippen LogP contribution in [0.25, 0.3) is 0 Å². The number of nitrogens with two attached hydrogens (primary N) is 1. The number of likely N-dealkylation sites (tertiary alicyclic amines) is 1. The molecule has 0 radical (unpaired) electrons. The van der Waals surface area contributed by atoms with Gasteiger partial charge in [0.1, 0.15) is 16.5 Å². The number of carbonyl (C=O) groups excluding carboxylic acids is 2. The number of benzene rings is 1. The molecule has 2 fully saturated rings. The highest BCUT2D eigenvalue weighted by atomic mass is 35.5. The Morgan fingerprint density at radius 2 is 1.92 bits per heavy atom. The highest BCUT2D eigenvalue weighted by Crippen LogP contribution is 2.47. The van der Waals surface area contributed by atoms with Gasteiger partial charge < -0.3 is 16.0 Å². The van der Waals surface area contributed by atoms with Crippen LogP contribution in [-0.4, -0.2) is 52.0 Å². The lowest BCUT2D eigenvalue weighted by Gasteiger charge is -2.18. The van der Waals surface area contributed by atoms with Crippen molar-refractivity contribution in [1.82, 2.24) is 19.7 Å². The van der Waals surface area contributed by atoms with E-state index >= 15 is 0 Å². The standard InChI is InChI=1S/C17H18F3N5O2S.C7H7ClFN/c1-24-14(21)11(7-26)13(23-24)8-2-9-5-25(6-10(9)3-8)15(27)12-4-22-16(28-12)17(18,19)20;1-10-5-2-3-7(9)6(8)4-5/h4,7-10H,2-3,5-6,21H2,1H3;2-4,10H,1H3. The molecule has 3 N–H and O–H groups in total. The maximum absolute atomic E-state index is 12.7. The predicted octanol–water partition coefficient (Wildman–Crippen LogP) is 5.08. The van der Waals surface area contributed by atoms with Gasteiger partial charge in [-0.3, -0.25) is 14.3 Å². The largest absolute Gasteiger partial charge is 0.443 e. The number of hydrogen-bond acceptors (Lipinski definition) is 7. The van der Waals surface area contributed by atoms with E-state index in [-0.39, 0.29) is 33.5 Å². The summed E-state index contributed by atoms with van der Waals surface area (Å²) in [4.78, 5) is 28.9. The van der Waals surface area contributed by atoms with Crippen LogP contribution in [0.4, 0.5) is 29.1 Å². The number of nitrogens with zero attached hydrogens (tertiary/aromatic N) is 4. The van der Waals surface area contributed by atoms with Gasteiger partial charge in [0.2, 0.25) is 0 Å². The van der Waals surface area contributed by atoms with Gasteiger partial charge in [0.05, 0.1) is 22.5 Å². The molecule has 1 aliphatic heterocycles. The molecule has 8 nitrogen and oxygen atoms in total. The molecule has 1 amide bonds. The number of nitrogen functional groups attached to an aromatic ring is 1. The van der Waals surface area contributed by atoms with Crippen molar-refractivity contribution in [1.29, 1.82) is 0 Å². The first-order valence-electron chi connectivity index (χ1n) is 11.7. The first kappa shape index (κ1) is 27.8. The number of anilines is 2. The quantitative estimate of drug-likeness (QED) is 0.334. The molecule has 1 aliphatic carbocycles. The van der Waals surface area contributed by atoms with Crippen LogP contribution in [0.3, 0.4) is 0 Å². The van der Waals surface area contributed by atoms with Crippen LogP contribution in [0.15, 0.2) is 24.4 Å². The third-order valence-corrected chi connectivity index (χ3v) is 8.19. The first-order valence-corrected chi connectivity index (χ1v) is 12.8. The number of alkyl halides is 3. The molecule has 1 saturated carbocycles. The van der Waals surface area contributed by atoms with Gasteiger partial charge in [-0.1, -0.05) is 11.6 Å². The third kappa shape index (κ3) is 5.63. The van der Waals surface area contributed by atoms with Crippen molar-refractivity contribution in [2.75, 3.05) is 31.2 Å². The van der Waals surface area contributed by atoms with Crippen LogP contribution < -0.4 is 11.1 Å². The molecule has 3 aromatic rings. The lowest BCUT2D eigenvalue weighted by atomic mass is 9.98. The van der Waals surface area contributed by atoms with E-state index in [0.717, 1.165) is 31.0 Å². The average Bonchev–Trinajstić information content (AvgIpc) is 3.64. The molecule has 38 heavy (non-hydrogen) atoms. The summed E-state index contributed by atoms with van der Waals surface area (Å²) in [7, 11) is 3.44. The fourth-order valence-corrected chi connectivity index (χ4v) is 5.93. The van der Waals surface area contributed by atoms with Gasteiger partial charge in [-0.15, -0.1) is 11.3 Å². The highest BCUT2D eigenvalue weighted by Gasteiger charge is 2.45. The Bertz CT molecular complexity index is 1330. The lowest BCUT2D eigenvalue weighted by molar-refractivity contribution is -0.137. The summed E-state index contributed by atoms with van der Waals surface area (Å²) in [5, 5.41) is 6.36. The molecule has 1 aromatic carbocycles. The average molecular weight is 573 g/mol. The molecule has 5 rings (SSSR count). The first-order chi connectivity index (χ1) is 17.9. The van der Waals surface area contributed by atoms with Crippen LogP contribution in [0.5, 0.6) is 0 Å². The van der Waals surface area contributed by atoms with E-state index in [9.17, 15) is 27.2 Å². The van der Waals surface area contributed by atoms with Gasteiger partial charge >= 0.3 is 6.18 Å². The van der Waals surface area contributed by atoms with Gasteiger partial charge in [-0.05, 0) is 42.9 Å². The van der Waals surface area contributed by atoms with Gasteiger partial charge in [-0.25, -0.2) is 9.37 Å². The summed E-state index contributed by atoms with van der Waals surface area (Å²) in [6, 6.07) is 4.49. The van der Waals surface area contributed by atoms with Crippen molar-refractivity contribution < 1.29 is 27.2 Å². The predicted molar refractivity (Wildman–Crippen MR) is 136 cm³/mol. The Kier molecular flexibility index (Phi) is 7.98. The Labute approximate surface area is 224 Å². The van der Waals surface area contributed by atoms with Crippen LogP contribution in [0.2, 0.25) is 5.02 Å². The number of aldehydes is 1. The highest BCUT2D eigenvalue weighted by molar-refractivity contribution is 7.13. The number of thiazole rings is 1. The summed E-state index contributed by atoms with van der Waals surface area (Å²) in [6.07, 6.45) is -1.29. The van der Waals surface area contributed by atoms with Crippen LogP contribution >= 0.6 is 22.9 Å². The normalized spacial score (nSPS) is 20.6. The molecule has 0 spiro atoms. The summed E-state index contributed by atoms with van der Waals surface area (Å²) in [5.41, 5.74) is 7.81. The smallest absolute Gasteiger partial charge is 0.388 e. The van der Waals surface area contributed by atoms with E-state index in [4.69, 9.17) is 17.3 Å². The molecular formula is C24H25ClF4N6O2S. The van der Waals surface area contributed by atoms with Crippen molar-refractivity contribution >= 4 is 46.6 Å². The minimum absolute atomic E-state index is 0.00425. The molecule has 2 aromatic heterocycles. The number of fused-ring (bicyclic) bond motifs is 1. The minimum Gasteiger partial charge on any atom is -0.388 e. The number of nitrogens with one attached hydrogen (secondary N) is 1. The molecule has 1 saturated heterocycles. The van der Waals surface area contributed by atoms with E-state index in [1.54, 1.807) is 25.1 Å². The number of rotatable bonds is 4. The summed E-state index contributed by atoms with van der Waals surface area (Å²) >= 11 is 5.85. The molecular weight excluding hydrogens is 548 g/mol. The summed E-state index contributed by atoms with van der Waals surface area (Å²) in [6.45, 7) is 0.968. The Morgan fingerprint density at radius 3 is 2.45 bits per heavy atom. The second-order valence-electron chi connectivity index (χ2n) is 9.23. The lowest BCUT2D eigenvalue weighted by Crippen LogP contribution is -2.29. The molecule has 2 unspecified atom stereocenters. The summed E-state index contributed by atoms with van der Waals surface area (Å²) in [5.74, 6) is 0.0920. The monoisotopic (exact) mass is 572 g/mol. The van der Waals surface area contributed by atoms with E-state index in [1.165, 1.54) is 16.8 Å². The third-order valence-electron chi connectivity index (χ3n) is 6.87. The Balaban J connectivity index is 0.000000283. The van der Waals surface area contributed by atoms with Gasteiger partial charge in [0, 0.05) is 38.8 Å². The van der Waals surface area contributed by atoms with E-state index in [1.807, 2.05) is 0 Å². The maximum Gasteiger partial charge on any atom is 0.443 e. The van der Waals surface area contributed by atoms with Crippen LogP contribution in [-0.2, 0) is 13.2 Å². The van der Waals surface area contributed by atoms with Gasteiger partial charge in [-0.2, -0.15) is 18.3 Å². The van der Waals surface area contributed by atoms with Gasteiger partial charge in [0.25, 0.3) is 5.91 Å². The number of aromatic nitrogens is 3. The van der Waals surface area contributed by atoms with Gasteiger partial charge in [0.15, 0.2) is 11.3 Å². The number of halogens is 5. The number of hydrogen-bond donors (Lipinski definition) is 2. The molecule has 3 heterocycles. The van der Waals surface area contributed by atoms with Crippen LogP contribution in [0, 0.1) is 17.7 Å². The molecule has 2 aliphatic rings. The second kappa shape index (κ2) is 10.9. The molecule has 0 bridgehead atoms. The fraction of sp³-hybridized carbons (Fsp3) is 0.417. The van der Waals surface area contributed by atoms with Crippen LogP contribution in [0.1, 0.15) is 49.5 Å². The van der Waals surface area contributed by atoms with Crippen molar-refractivity contribution in [2.45, 2.75) is 24.9 Å². The van der Waals surface area contributed by atoms with Crippen molar-refractivity contribution in [3.63, 3.8) is 0 Å². The molecule has 2 atom stereocenters. The van der Waals surface area contributed by atoms with E-state index < -0.39 is 17.1 Å². The zero-order valence-corrected chi connectivity index (χ0v) is 22.0. The van der Waals surface area contributed by atoms with Crippen molar-refractivity contribution in [3.05, 3.63) is 56.4 Å². The number of amides is 1. The van der Waals surface area contributed by atoms with E-state index in [0.29, 0.717) is 41.5 Å². The zero-order valence-electron chi connectivity index (χ0n) is 20.4. The number of aryl methyl sites for hydroxylation is 1. The SMILES string of the molecule is CNc1ccc(F)c(Cl)c1.Cn1nc(C2CC3CN(C(=O)c4cnc(C(F)(F)F)s4)CC3C2)c(C=O)c1N. The number of carbonyl (C=O) groups is 2. The topological polar surface area (TPSA) is 106 Å². The van der Waals surface area contributed by atoms with Crippen molar-refractivity contribution in [2.24, 2.45) is 18.9 Å². The fourth-order valence-electron chi connectivity index (χ4n) is 5.00.